The standard InChI is InChI=1S/C12H25N3O5S/c1-5-6-8-14(4)21(19,20)15(10(2)12(17)18)9-7-13-11(3)16/h10H,5-9H2,1-4H3,(H,13,16)(H,17,18). The van der Waals surface area contributed by atoms with Crippen LogP contribution in [0.15, 0.2) is 0 Å². The summed E-state index contributed by atoms with van der Waals surface area (Å²) >= 11 is 0. The minimum Gasteiger partial charge on any atom is -0.480 e. The fourth-order valence-corrected chi connectivity index (χ4v) is 3.18. The van der Waals surface area contributed by atoms with Crippen molar-refractivity contribution >= 4 is 22.1 Å². The minimum atomic E-state index is -3.88. The van der Waals surface area contributed by atoms with E-state index in [9.17, 15) is 18.0 Å². The van der Waals surface area contributed by atoms with Gasteiger partial charge in [-0.1, -0.05) is 13.3 Å². The Morgan fingerprint density at radius 1 is 1.29 bits per heavy atom. The number of carboxylic acid groups (broad SMARTS) is 1. The van der Waals surface area contributed by atoms with E-state index in [0.717, 1.165) is 15.0 Å². The summed E-state index contributed by atoms with van der Waals surface area (Å²) in [4.78, 5) is 22.0. The summed E-state index contributed by atoms with van der Waals surface area (Å²) < 4.78 is 26.9. The molecule has 0 aliphatic heterocycles. The molecule has 0 fully saturated rings. The number of hydrogen-bond donors (Lipinski definition) is 2. The Morgan fingerprint density at radius 2 is 1.86 bits per heavy atom. The number of hydrogen-bond acceptors (Lipinski definition) is 4. The van der Waals surface area contributed by atoms with Gasteiger partial charge in [-0.2, -0.15) is 17.0 Å². The zero-order valence-electron chi connectivity index (χ0n) is 13.0. The van der Waals surface area contributed by atoms with Gasteiger partial charge in [0, 0.05) is 33.6 Å². The van der Waals surface area contributed by atoms with E-state index in [1.807, 2.05) is 6.92 Å². The lowest BCUT2D eigenvalue weighted by Gasteiger charge is -2.30. The normalized spacial score (nSPS) is 13.4. The van der Waals surface area contributed by atoms with Crippen molar-refractivity contribution in [2.75, 3.05) is 26.7 Å². The van der Waals surface area contributed by atoms with Crippen LogP contribution in [0.4, 0.5) is 0 Å². The first-order chi connectivity index (χ1) is 9.64. The number of unbranched alkanes of at least 4 members (excludes halogenated alkanes) is 1. The predicted octanol–water partition coefficient (Wildman–Crippen LogP) is -0.126. The summed E-state index contributed by atoms with van der Waals surface area (Å²) in [7, 11) is -2.46. The smallest absolute Gasteiger partial charge is 0.321 e. The van der Waals surface area contributed by atoms with Crippen LogP contribution in [0.2, 0.25) is 0 Å². The van der Waals surface area contributed by atoms with Crippen molar-refractivity contribution in [1.29, 1.82) is 0 Å². The number of rotatable bonds is 10. The second-order valence-electron chi connectivity index (χ2n) is 4.79. The van der Waals surface area contributed by atoms with Crippen LogP contribution < -0.4 is 5.32 Å². The van der Waals surface area contributed by atoms with Gasteiger partial charge in [0.25, 0.3) is 10.2 Å². The monoisotopic (exact) mass is 323 g/mol. The molecule has 0 spiro atoms. The average Bonchev–Trinajstić information content (AvgIpc) is 2.39. The van der Waals surface area contributed by atoms with Crippen molar-refractivity contribution in [2.45, 2.75) is 39.7 Å². The summed E-state index contributed by atoms with van der Waals surface area (Å²) in [6, 6.07) is -1.20. The van der Waals surface area contributed by atoms with Gasteiger partial charge in [-0.3, -0.25) is 9.59 Å². The molecule has 1 unspecified atom stereocenters. The van der Waals surface area contributed by atoms with E-state index in [4.69, 9.17) is 5.11 Å². The third-order valence-electron chi connectivity index (χ3n) is 3.01. The molecular weight excluding hydrogens is 298 g/mol. The highest BCUT2D eigenvalue weighted by Crippen LogP contribution is 2.12. The molecule has 0 rings (SSSR count). The molecule has 21 heavy (non-hydrogen) atoms. The third kappa shape index (κ3) is 6.40. The molecule has 124 valence electrons. The van der Waals surface area contributed by atoms with E-state index in [-0.39, 0.29) is 19.0 Å². The van der Waals surface area contributed by atoms with E-state index >= 15 is 0 Å². The van der Waals surface area contributed by atoms with Gasteiger partial charge < -0.3 is 10.4 Å². The van der Waals surface area contributed by atoms with Gasteiger partial charge in [0.1, 0.15) is 6.04 Å². The Bertz CT molecular complexity index is 452. The number of nitrogens with zero attached hydrogens (tertiary/aromatic N) is 2. The molecule has 2 N–H and O–H groups in total. The number of carbonyl (C=O) groups is 2. The lowest BCUT2D eigenvalue weighted by molar-refractivity contribution is -0.140. The fourth-order valence-electron chi connectivity index (χ4n) is 1.65. The average molecular weight is 323 g/mol. The van der Waals surface area contributed by atoms with Gasteiger partial charge in [0.05, 0.1) is 0 Å². The summed E-state index contributed by atoms with van der Waals surface area (Å²) in [6.07, 6.45) is 1.52. The predicted molar refractivity (Wildman–Crippen MR) is 78.9 cm³/mol. The molecule has 8 nitrogen and oxygen atoms in total. The van der Waals surface area contributed by atoms with Gasteiger partial charge in [0.15, 0.2) is 0 Å². The second kappa shape index (κ2) is 8.96. The Balaban J connectivity index is 5.08. The lowest BCUT2D eigenvalue weighted by Crippen LogP contribution is -2.51. The first kappa shape index (κ1) is 19.8. The van der Waals surface area contributed by atoms with Crippen LogP contribution in [0.5, 0.6) is 0 Å². The Hall–Kier alpha value is -1.19. The van der Waals surface area contributed by atoms with Crippen LogP contribution in [-0.4, -0.2) is 66.7 Å². The van der Waals surface area contributed by atoms with Crippen LogP contribution in [0.1, 0.15) is 33.6 Å². The minimum absolute atomic E-state index is 0.0633. The maximum Gasteiger partial charge on any atom is 0.321 e. The first-order valence-corrected chi connectivity index (χ1v) is 8.24. The highest BCUT2D eigenvalue weighted by molar-refractivity contribution is 7.86. The number of aliphatic carboxylic acids is 1. The number of carbonyl (C=O) groups excluding carboxylic acids is 1. The summed E-state index contributed by atoms with van der Waals surface area (Å²) in [5.41, 5.74) is 0. The Kier molecular flexibility index (Phi) is 8.45. The molecule has 9 heteroatoms. The highest BCUT2D eigenvalue weighted by atomic mass is 32.2. The number of nitrogens with one attached hydrogen (secondary N) is 1. The highest BCUT2D eigenvalue weighted by Gasteiger charge is 2.34. The maximum atomic E-state index is 12.4. The van der Waals surface area contributed by atoms with Crippen molar-refractivity contribution in [3.63, 3.8) is 0 Å². The molecule has 0 heterocycles. The number of carboxylic acids is 1. The van der Waals surface area contributed by atoms with Crippen molar-refractivity contribution in [2.24, 2.45) is 0 Å². The van der Waals surface area contributed by atoms with Gasteiger partial charge in [-0.05, 0) is 13.3 Å². The molecule has 0 aromatic heterocycles. The van der Waals surface area contributed by atoms with E-state index in [0.29, 0.717) is 13.0 Å². The zero-order chi connectivity index (χ0) is 16.6. The van der Waals surface area contributed by atoms with Crippen LogP contribution in [-0.2, 0) is 19.8 Å². The Labute approximate surface area is 126 Å². The van der Waals surface area contributed by atoms with Gasteiger partial charge in [-0.15, -0.1) is 0 Å². The molecule has 0 saturated heterocycles. The number of amides is 1. The van der Waals surface area contributed by atoms with Crippen LogP contribution in [0, 0.1) is 0 Å². The summed E-state index contributed by atoms with van der Waals surface area (Å²) in [5.74, 6) is -1.53. The molecule has 0 aliphatic rings. The SMILES string of the molecule is CCCCN(C)S(=O)(=O)N(CCNC(C)=O)C(C)C(=O)O. The van der Waals surface area contributed by atoms with Crippen molar-refractivity contribution in [3.05, 3.63) is 0 Å². The summed E-state index contributed by atoms with van der Waals surface area (Å²) in [6.45, 7) is 4.85. The Morgan fingerprint density at radius 3 is 2.29 bits per heavy atom. The zero-order valence-corrected chi connectivity index (χ0v) is 13.8. The largest absolute Gasteiger partial charge is 0.480 e. The van der Waals surface area contributed by atoms with E-state index in [1.165, 1.54) is 20.9 Å². The fraction of sp³-hybridized carbons (Fsp3) is 0.833. The van der Waals surface area contributed by atoms with Gasteiger partial charge in [0.2, 0.25) is 5.91 Å². The quantitative estimate of drug-likeness (QED) is 0.582. The van der Waals surface area contributed by atoms with E-state index in [2.05, 4.69) is 5.32 Å². The third-order valence-corrected chi connectivity index (χ3v) is 5.07. The van der Waals surface area contributed by atoms with Crippen LogP contribution in [0.3, 0.4) is 0 Å². The molecule has 0 aromatic carbocycles. The van der Waals surface area contributed by atoms with Crippen molar-refractivity contribution in [3.8, 4) is 0 Å². The van der Waals surface area contributed by atoms with Crippen molar-refractivity contribution in [1.82, 2.24) is 13.9 Å². The van der Waals surface area contributed by atoms with Gasteiger partial charge in [-0.25, -0.2) is 0 Å². The maximum absolute atomic E-state index is 12.4. The molecule has 0 saturated carbocycles. The molecule has 1 atom stereocenters. The molecule has 0 radical (unpaired) electrons. The summed E-state index contributed by atoms with van der Waals surface area (Å²) in [5, 5.41) is 11.5. The first-order valence-electron chi connectivity index (χ1n) is 6.84. The van der Waals surface area contributed by atoms with E-state index in [1.54, 1.807) is 0 Å². The van der Waals surface area contributed by atoms with E-state index < -0.39 is 22.2 Å². The van der Waals surface area contributed by atoms with Gasteiger partial charge >= 0.3 is 5.97 Å². The molecule has 0 aromatic rings. The lowest BCUT2D eigenvalue weighted by atomic mass is 10.3. The molecular formula is C12H25N3O5S. The second-order valence-corrected chi connectivity index (χ2v) is 6.78. The molecule has 0 aliphatic carbocycles. The van der Waals surface area contributed by atoms with Crippen molar-refractivity contribution < 1.29 is 23.1 Å². The van der Waals surface area contributed by atoms with Crippen LogP contribution >= 0.6 is 0 Å². The molecule has 0 bridgehead atoms. The molecule has 1 amide bonds. The topological polar surface area (TPSA) is 107 Å². The van der Waals surface area contributed by atoms with Crippen LogP contribution in [0.25, 0.3) is 0 Å².